The lowest BCUT2D eigenvalue weighted by Crippen LogP contribution is -2.39. The predicted octanol–water partition coefficient (Wildman–Crippen LogP) is 4.09. The number of hydrogen-bond donors (Lipinski definition) is 2. The number of benzene rings is 2. The van der Waals surface area contributed by atoms with E-state index in [0.29, 0.717) is 6.54 Å². The second-order valence-electron chi connectivity index (χ2n) is 7.56. The summed E-state index contributed by atoms with van der Waals surface area (Å²) in [4.78, 5) is 8.92. The molecule has 9 heteroatoms. The number of aromatic nitrogens is 4. The molecule has 0 amide bonds. The number of para-hydroxylation sites is 2. The van der Waals surface area contributed by atoms with Gasteiger partial charge in [0.15, 0.2) is 5.96 Å². The van der Waals surface area contributed by atoms with Crippen LogP contribution in [0, 0.1) is 12.7 Å². The van der Waals surface area contributed by atoms with E-state index < -0.39 is 0 Å². The lowest BCUT2D eigenvalue weighted by Gasteiger charge is -2.12. The van der Waals surface area contributed by atoms with Crippen LogP contribution in [0.4, 0.5) is 4.39 Å². The SMILES string of the molecule is CN=C(NCCCn1c(C)nc2ccccc21)NCCc1ccn(-c2ccc(F)cc2)n1.I. The molecule has 33 heavy (non-hydrogen) atoms. The largest absolute Gasteiger partial charge is 0.356 e. The van der Waals surface area contributed by atoms with Gasteiger partial charge in [-0.3, -0.25) is 4.99 Å². The molecule has 4 aromatic rings. The maximum Gasteiger partial charge on any atom is 0.190 e. The fraction of sp³-hybridized carbons (Fsp3) is 0.292. The highest BCUT2D eigenvalue weighted by molar-refractivity contribution is 14.0. The average molecular weight is 561 g/mol. The van der Waals surface area contributed by atoms with Crippen LogP contribution in [-0.4, -0.2) is 45.4 Å². The smallest absolute Gasteiger partial charge is 0.190 e. The normalized spacial score (nSPS) is 11.4. The van der Waals surface area contributed by atoms with Crippen molar-refractivity contribution in [1.82, 2.24) is 30.0 Å². The number of rotatable bonds is 8. The third-order valence-corrected chi connectivity index (χ3v) is 5.33. The molecule has 2 N–H and O–H groups in total. The third kappa shape index (κ3) is 6.31. The van der Waals surface area contributed by atoms with E-state index >= 15 is 0 Å². The first-order chi connectivity index (χ1) is 15.6. The molecule has 0 fully saturated rings. The maximum atomic E-state index is 13.1. The third-order valence-electron chi connectivity index (χ3n) is 5.33. The summed E-state index contributed by atoms with van der Waals surface area (Å²) in [6.07, 6.45) is 3.61. The Morgan fingerprint density at radius 1 is 1.03 bits per heavy atom. The Kier molecular flexibility index (Phi) is 8.81. The highest BCUT2D eigenvalue weighted by atomic mass is 127. The summed E-state index contributed by atoms with van der Waals surface area (Å²) in [7, 11) is 1.77. The first-order valence-electron chi connectivity index (χ1n) is 10.8. The number of hydrogen-bond acceptors (Lipinski definition) is 3. The van der Waals surface area contributed by atoms with Crippen molar-refractivity contribution in [1.29, 1.82) is 0 Å². The van der Waals surface area contributed by atoms with Crippen LogP contribution >= 0.6 is 24.0 Å². The summed E-state index contributed by atoms with van der Waals surface area (Å²) < 4.78 is 17.1. The van der Waals surface area contributed by atoms with Gasteiger partial charge in [0.2, 0.25) is 0 Å². The number of halogens is 2. The van der Waals surface area contributed by atoms with E-state index in [0.717, 1.165) is 54.6 Å². The van der Waals surface area contributed by atoms with E-state index in [1.54, 1.807) is 23.9 Å². The quantitative estimate of drug-likeness (QED) is 0.147. The van der Waals surface area contributed by atoms with Gasteiger partial charge in [-0.05, 0) is 55.8 Å². The Balaban J connectivity index is 0.00000306. The minimum absolute atomic E-state index is 0. The summed E-state index contributed by atoms with van der Waals surface area (Å²) in [5.74, 6) is 1.56. The number of guanidine groups is 1. The Morgan fingerprint density at radius 2 is 1.79 bits per heavy atom. The van der Waals surface area contributed by atoms with E-state index in [9.17, 15) is 4.39 Å². The Labute approximate surface area is 210 Å². The zero-order valence-corrected chi connectivity index (χ0v) is 21.2. The molecular weight excluding hydrogens is 532 g/mol. The van der Waals surface area contributed by atoms with E-state index in [-0.39, 0.29) is 29.8 Å². The summed E-state index contributed by atoms with van der Waals surface area (Å²) in [5.41, 5.74) is 4.01. The van der Waals surface area contributed by atoms with Crippen LogP contribution in [0.1, 0.15) is 17.9 Å². The summed E-state index contributed by atoms with van der Waals surface area (Å²) in [5, 5.41) is 11.3. The number of nitrogens with one attached hydrogen (secondary N) is 2. The fourth-order valence-corrected chi connectivity index (χ4v) is 3.68. The van der Waals surface area contributed by atoms with Crippen LogP contribution in [0.3, 0.4) is 0 Å². The van der Waals surface area contributed by atoms with Gasteiger partial charge in [-0.1, -0.05) is 12.1 Å². The van der Waals surface area contributed by atoms with Crippen LogP contribution in [0.5, 0.6) is 0 Å². The zero-order valence-electron chi connectivity index (χ0n) is 18.8. The molecule has 2 aromatic carbocycles. The Bertz CT molecular complexity index is 1200. The van der Waals surface area contributed by atoms with Gasteiger partial charge in [-0.15, -0.1) is 24.0 Å². The number of fused-ring (bicyclic) bond motifs is 1. The number of aliphatic imine (C=N–C) groups is 1. The molecule has 0 aliphatic rings. The molecule has 0 unspecified atom stereocenters. The lowest BCUT2D eigenvalue weighted by molar-refractivity contribution is 0.624. The zero-order chi connectivity index (χ0) is 22.3. The van der Waals surface area contributed by atoms with Crippen LogP contribution in [-0.2, 0) is 13.0 Å². The van der Waals surface area contributed by atoms with Gasteiger partial charge in [-0.25, -0.2) is 14.1 Å². The van der Waals surface area contributed by atoms with Gasteiger partial charge < -0.3 is 15.2 Å². The summed E-state index contributed by atoms with van der Waals surface area (Å²) in [6, 6.07) is 16.5. The van der Waals surface area contributed by atoms with Gasteiger partial charge in [0.1, 0.15) is 11.6 Å². The van der Waals surface area contributed by atoms with Crippen LogP contribution < -0.4 is 10.6 Å². The fourth-order valence-electron chi connectivity index (χ4n) is 3.68. The topological polar surface area (TPSA) is 72.1 Å². The summed E-state index contributed by atoms with van der Waals surface area (Å²) >= 11 is 0. The molecule has 0 spiro atoms. The Morgan fingerprint density at radius 3 is 2.58 bits per heavy atom. The van der Waals surface area contributed by atoms with Crippen LogP contribution in [0.2, 0.25) is 0 Å². The number of nitrogens with zero attached hydrogens (tertiary/aromatic N) is 5. The summed E-state index contributed by atoms with van der Waals surface area (Å²) in [6.45, 7) is 4.47. The van der Waals surface area contributed by atoms with Crippen molar-refractivity contribution in [2.45, 2.75) is 26.3 Å². The van der Waals surface area contributed by atoms with E-state index in [2.05, 4.69) is 36.3 Å². The number of imidazole rings is 1. The molecule has 0 saturated carbocycles. The second-order valence-corrected chi connectivity index (χ2v) is 7.56. The number of aryl methyl sites for hydroxylation is 2. The molecule has 0 aliphatic heterocycles. The van der Waals surface area contributed by atoms with Crippen molar-refractivity contribution in [3.05, 3.63) is 78.1 Å². The van der Waals surface area contributed by atoms with E-state index in [1.165, 1.54) is 17.6 Å². The molecule has 4 rings (SSSR count). The first kappa shape index (κ1) is 24.7. The molecule has 0 atom stereocenters. The first-order valence-corrected chi connectivity index (χ1v) is 10.8. The predicted molar refractivity (Wildman–Crippen MR) is 141 cm³/mol. The molecule has 174 valence electrons. The molecule has 7 nitrogen and oxygen atoms in total. The van der Waals surface area contributed by atoms with E-state index in [4.69, 9.17) is 0 Å². The van der Waals surface area contributed by atoms with Crippen LogP contribution in [0.15, 0.2) is 65.8 Å². The van der Waals surface area contributed by atoms with Crippen molar-refractivity contribution in [2.75, 3.05) is 20.1 Å². The minimum Gasteiger partial charge on any atom is -0.356 e. The van der Waals surface area contributed by atoms with Gasteiger partial charge in [0.05, 0.1) is 22.4 Å². The highest BCUT2D eigenvalue weighted by Crippen LogP contribution is 2.15. The van der Waals surface area contributed by atoms with Gasteiger partial charge >= 0.3 is 0 Å². The molecular formula is C24H29FIN7. The second kappa shape index (κ2) is 11.8. The highest BCUT2D eigenvalue weighted by Gasteiger charge is 2.07. The Hall–Kier alpha value is -2.95. The van der Waals surface area contributed by atoms with Crippen molar-refractivity contribution in [3.63, 3.8) is 0 Å². The van der Waals surface area contributed by atoms with E-state index in [1.807, 2.05) is 37.4 Å². The molecule has 0 radical (unpaired) electrons. The monoisotopic (exact) mass is 561 g/mol. The molecule has 0 aliphatic carbocycles. The van der Waals surface area contributed by atoms with Crippen LogP contribution in [0.25, 0.3) is 16.7 Å². The van der Waals surface area contributed by atoms with Crippen molar-refractivity contribution in [3.8, 4) is 5.69 Å². The standard InChI is InChI=1S/C24H28FN7.HI/c1-18-29-22-6-3-4-7-23(22)31(18)16-5-14-27-24(26-2)28-15-12-20-13-17-32(30-20)21-10-8-19(25)9-11-21;/h3-4,6-11,13,17H,5,12,14-16H2,1-2H3,(H2,26,27,28);1H. The molecule has 2 heterocycles. The average Bonchev–Trinajstić information content (AvgIpc) is 3.40. The van der Waals surface area contributed by atoms with Gasteiger partial charge in [0.25, 0.3) is 0 Å². The molecule has 0 bridgehead atoms. The maximum absolute atomic E-state index is 13.1. The molecule has 2 aromatic heterocycles. The minimum atomic E-state index is -0.252. The van der Waals surface area contributed by atoms with Gasteiger partial charge in [0, 0.05) is 39.3 Å². The molecule has 0 saturated heterocycles. The van der Waals surface area contributed by atoms with Crippen molar-refractivity contribution >= 4 is 41.0 Å². The van der Waals surface area contributed by atoms with Gasteiger partial charge in [-0.2, -0.15) is 5.10 Å². The van der Waals surface area contributed by atoms with Crippen molar-refractivity contribution in [2.24, 2.45) is 4.99 Å². The van der Waals surface area contributed by atoms with Crippen molar-refractivity contribution < 1.29 is 4.39 Å². The lowest BCUT2D eigenvalue weighted by atomic mass is 10.3.